The third kappa shape index (κ3) is 3.27. The summed E-state index contributed by atoms with van der Waals surface area (Å²) in [6.07, 6.45) is -3.17. The van der Waals surface area contributed by atoms with E-state index in [0.29, 0.717) is 16.4 Å². The Hall–Kier alpha value is -1.63. The lowest BCUT2D eigenvalue weighted by molar-refractivity contribution is -0.139. The lowest BCUT2D eigenvalue weighted by Crippen LogP contribution is -2.08. The summed E-state index contributed by atoms with van der Waals surface area (Å²) in [6.45, 7) is 1.83. The predicted molar refractivity (Wildman–Crippen MR) is 71.4 cm³/mol. The van der Waals surface area contributed by atoms with Gasteiger partial charge in [-0.15, -0.1) is 0 Å². The second kappa shape index (κ2) is 5.40. The van der Waals surface area contributed by atoms with Gasteiger partial charge in [0, 0.05) is 11.9 Å². The number of aromatic nitrogens is 1. The summed E-state index contributed by atoms with van der Waals surface area (Å²) in [5, 5.41) is 2.71. The molecule has 0 saturated heterocycles. The van der Waals surface area contributed by atoms with Crippen LogP contribution in [0.1, 0.15) is 11.1 Å². The highest BCUT2D eigenvalue weighted by atomic mass is 79.9. The number of halogens is 5. The first kappa shape index (κ1) is 14.8. The number of alkyl halides is 3. The lowest BCUT2D eigenvalue weighted by atomic mass is 10.2. The Labute approximate surface area is 121 Å². The summed E-state index contributed by atoms with van der Waals surface area (Å²) in [6, 6.07) is 4.47. The average Bonchev–Trinajstić information content (AvgIpc) is 2.33. The molecular weight excluding hydrogens is 340 g/mol. The fraction of sp³-hybridized carbons (Fsp3) is 0.154. The van der Waals surface area contributed by atoms with Gasteiger partial charge < -0.3 is 5.32 Å². The molecule has 2 nitrogen and oxygen atoms in total. The molecule has 0 aliphatic rings. The maximum Gasteiger partial charge on any atom is 0.419 e. The molecule has 1 N–H and O–H groups in total. The Balaban J connectivity index is 2.35. The molecule has 0 aliphatic carbocycles. The van der Waals surface area contributed by atoms with E-state index in [2.05, 4.69) is 26.2 Å². The van der Waals surface area contributed by atoms with Gasteiger partial charge in [-0.05, 0) is 52.7 Å². The summed E-state index contributed by atoms with van der Waals surface area (Å²) in [4.78, 5) is 4.05. The van der Waals surface area contributed by atoms with Gasteiger partial charge in [0.1, 0.15) is 11.6 Å². The Morgan fingerprint density at radius 1 is 1.20 bits per heavy atom. The third-order valence-electron chi connectivity index (χ3n) is 2.51. The van der Waals surface area contributed by atoms with Gasteiger partial charge in [0.2, 0.25) is 0 Å². The fourth-order valence-corrected chi connectivity index (χ4v) is 2.15. The normalized spacial score (nSPS) is 11.5. The van der Waals surface area contributed by atoms with Crippen LogP contribution < -0.4 is 5.32 Å². The van der Waals surface area contributed by atoms with E-state index in [9.17, 15) is 17.6 Å². The van der Waals surface area contributed by atoms with Crippen molar-refractivity contribution in [3.8, 4) is 0 Å². The van der Waals surface area contributed by atoms with Crippen LogP contribution in [0, 0.1) is 12.7 Å². The number of pyridine rings is 1. The van der Waals surface area contributed by atoms with E-state index < -0.39 is 17.6 Å². The highest BCUT2D eigenvalue weighted by Gasteiger charge is 2.34. The van der Waals surface area contributed by atoms with Crippen LogP contribution in [0.2, 0.25) is 0 Å². The van der Waals surface area contributed by atoms with E-state index in [1.165, 1.54) is 6.07 Å². The first-order valence-electron chi connectivity index (χ1n) is 5.53. The van der Waals surface area contributed by atoms with Crippen molar-refractivity contribution in [2.24, 2.45) is 0 Å². The summed E-state index contributed by atoms with van der Waals surface area (Å²) in [7, 11) is 0. The minimum atomic E-state index is -4.74. The minimum Gasteiger partial charge on any atom is -0.339 e. The molecule has 7 heteroatoms. The molecular formula is C13H9BrF4N2. The Bertz CT molecular complexity index is 641. The maximum atomic E-state index is 13.2. The number of anilines is 2. The number of rotatable bonds is 2. The highest BCUT2D eigenvalue weighted by Crippen LogP contribution is 2.34. The zero-order valence-corrected chi connectivity index (χ0v) is 11.8. The summed E-state index contributed by atoms with van der Waals surface area (Å²) >= 11 is 3.26. The van der Waals surface area contributed by atoms with Crippen molar-refractivity contribution in [3.63, 3.8) is 0 Å². The van der Waals surface area contributed by atoms with Gasteiger partial charge >= 0.3 is 6.18 Å². The van der Waals surface area contributed by atoms with Gasteiger partial charge in [0.15, 0.2) is 0 Å². The molecule has 0 fully saturated rings. The van der Waals surface area contributed by atoms with E-state index in [4.69, 9.17) is 0 Å². The monoisotopic (exact) mass is 348 g/mol. The third-order valence-corrected chi connectivity index (χ3v) is 3.12. The Kier molecular flexibility index (Phi) is 3.99. The van der Waals surface area contributed by atoms with Crippen LogP contribution in [-0.2, 0) is 6.18 Å². The molecule has 0 amide bonds. The van der Waals surface area contributed by atoms with Crippen LogP contribution in [0.25, 0.3) is 0 Å². The second-order valence-electron chi connectivity index (χ2n) is 4.16. The first-order valence-corrected chi connectivity index (χ1v) is 6.32. The Morgan fingerprint density at radius 3 is 2.50 bits per heavy atom. The summed E-state index contributed by atoms with van der Waals surface area (Å²) in [5.41, 5.74) is -0.306. The van der Waals surface area contributed by atoms with E-state index >= 15 is 0 Å². The Morgan fingerprint density at radius 2 is 1.90 bits per heavy atom. The molecule has 0 unspecified atom stereocenters. The maximum absolute atomic E-state index is 13.2. The molecule has 0 aliphatic heterocycles. The number of hydrogen-bond acceptors (Lipinski definition) is 2. The first-order chi connectivity index (χ1) is 9.27. The van der Waals surface area contributed by atoms with Crippen LogP contribution in [0.15, 0.2) is 34.9 Å². The molecule has 2 rings (SSSR count). The van der Waals surface area contributed by atoms with Crippen LogP contribution in [0.4, 0.5) is 29.1 Å². The number of aryl methyl sites for hydroxylation is 1. The van der Waals surface area contributed by atoms with Gasteiger partial charge in [-0.1, -0.05) is 0 Å². The molecule has 0 bridgehead atoms. The highest BCUT2D eigenvalue weighted by molar-refractivity contribution is 9.10. The summed E-state index contributed by atoms with van der Waals surface area (Å²) in [5.74, 6) is -0.950. The quantitative estimate of drug-likeness (QED) is 0.767. The van der Waals surface area contributed by atoms with E-state index in [1.807, 2.05) is 6.92 Å². The molecule has 1 heterocycles. The SMILES string of the molecule is Cc1cnc(Nc2ccc(F)c(C(F)(F)F)c2)c(Br)c1. The molecule has 0 atom stereocenters. The molecule has 1 aromatic carbocycles. The summed E-state index contributed by atoms with van der Waals surface area (Å²) < 4.78 is 51.6. The van der Waals surface area contributed by atoms with Gasteiger partial charge in [-0.2, -0.15) is 13.2 Å². The van der Waals surface area contributed by atoms with Crippen LogP contribution in [0.3, 0.4) is 0 Å². The van der Waals surface area contributed by atoms with Crippen molar-refractivity contribution in [3.05, 3.63) is 51.9 Å². The van der Waals surface area contributed by atoms with Gasteiger partial charge in [0.25, 0.3) is 0 Å². The van der Waals surface area contributed by atoms with Crippen molar-refractivity contribution in [1.29, 1.82) is 0 Å². The van der Waals surface area contributed by atoms with Crippen molar-refractivity contribution < 1.29 is 17.6 Å². The number of hydrogen-bond donors (Lipinski definition) is 1. The topological polar surface area (TPSA) is 24.9 Å². The van der Waals surface area contributed by atoms with Crippen molar-refractivity contribution in [2.75, 3.05) is 5.32 Å². The molecule has 0 saturated carbocycles. The molecule has 1 aromatic heterocycles. The van der Waals surface area contributed by atoms with Crippen LogP contribution in [-0.4, -0.2) is 4.98 Å². The number of benzene rings is 1. The van der Waals surface area contributed by atoms with Crippen molar-refractivity contribution >= 4 is 27.4 Å². The molecule has 20 heavy (non-hydrogen) atoms. The fourth-order valence-electron chi connectivity index (χ4n) is 1.58. The predicted octanol–water partition coefficient (Wildman–Crippen LogP) is 5.05. The smallest absolute Gasteiger partial charge is 0.339 e. The standard InChI is InChI=1S/C13H9BrF4N2/c1-7-4-10(14)12(19-6-7)20-8-2-3-11(15)9(5-8)13(16,17)18/h2-6H,1H3,(H,19,20). The lowest BCUT2D eigenvalue weighted by Gasteiger charge is -2.12. The van der Waals surface area contributed by atoms with E-state index in [-0.39, 0.29) is 5.69 Å². The van der Waals surface area contributed by atoms with E-state index in [1.54, 1.807) is 12.3 Å². The molecule has 106 valence electrons. The molecule has 0 spiro atoms. The zero-order chi connectivity index (χ0) is 14.9. The van der Waals surface area contributed by atoms with Crippen molar-refractivity contribution in [2.45, 2.75) is 13.1 Å². The zero-order valence-electron chi connectivity index (χ0n) is 10.2. The largest absolute Gasteiger partial charge is 0.419 e. The van der Waals surface area contributed by atoms with Gasteiger partial charge in [-0.25, -0.2) is 9.37 Å². The van der Waals surface area contributed by atoms with Gasteiger partial charge in [-0.3, -0.25) is 0 Å². The van der Waals surface area contributed by atoms with Crippen LogP contribution >= 0.6 is 15.9 Å². The number of nitrogens with one attached hydrogen (secondary N) is 1. The second-order valence-corrected chi connectivity index (χ2v) is 5.01. The van der Waals surface area contributed by atoms with Crippen LogP contribution in [0.5, 0.6) is 0 Å². The molecule has 0 radical (unpaired) electrons. The number of nitrogens with zero attached hydrogens (tertiary/aromatic N) is 1. The molecule has 2 aromatic rings. The van der Waals surface area contributed by atoms with Crippen molar-refractivity contribution in [1.82, 2.24) is 4.98 Å². The minimum absolute atomic E-state index is 0.107. The average molecular weight is 349 g/mol. The van der Waals surface area contributed by atoms with E-state index in [0.717, 1.165) is 11.6 Å². The van der Waals surface area contributed by atoms with Gasteiger partial charge in [0.05, 0.1) is 10.0 Å².